The van der Waals surface area contributed by atoms with Crippen LogP contribution in [0, 0.1) is 4.91 Å². The quantitative estimate of drug-likeness (QED) is 0.290. The van der Waals surface area contributed by atoms with E-state index in [1.807, 2.05) is 41.5 Å². The van der Waals surface area contributed by atoms with Gasteiger partial charge in [0, 0.05) is 25.0 Å². The lowest BCUT2D eigenvalue weighted by molar-refractivity contribution is -0.131. The van der Waals surface area contributed by atoms with E-state index >= 15 is 0 Å². The highest BCUT2D eigenvalue weighted by Crippen LogP contribution is 2.01. The van der Waals surface area contributed by atoms with E-state index in [9.17, 15) is 9.70 Å². The van der Waals surface area contributed by atoms with E-state index in [4.69, 9.17) is 25.7 Å². The number of nitrogens with two attached hydrogens (primary N) is 2. The number of carbonyl (C=O) groups is 1. The Morgan fingerprint density at radius 3 is 1.93 bits per heavy atom. The molecular weight excluding hydrogens is 376 g/mol. The zero-order chi connectivity index (χ0) is 22.7. The molecule has 4 atom stereocenters. The molecule has 4 unspecified atom stereocenters. The molecule has 0 saturated carbocycles. The molecule has 0 fully saturated rings. The van der Waals surface area contributed by atoms with Crippen molar-refractivity contribution in [3.05, 3.63) is 4.91 Å². The maximum Gasteiger partial charge on any atom is 0.245 e. The van der Waals surface area contributed by atoms with Crippen LogP contribution >= 0.6 is 0 Å². The fourth-order valence-corrected chi connectivity index (χ4v) is 1.99. The first-order valence-corrected chi connectivity index (χ1v) is 10.6. The first-order valence-electron chi connectivity index (χ1n) is 10.6. The highest BCUT2D eigenvalue weighted by atomic mass is 16.6. The van der Waals surface area contributed by atoms with Gasteiger partial charge in [-0.15, -0.1) is 4.91 Å². The van der Waals surface area contributed by atoms with Gasteiger partial charge in [0.25, 0.3) is 0 Å². The Kier molecular flexibility index (Phi) is 20.9. The van der Waals surface area contributed by atoms with Crippen LogP contribution in [0.3, 0.4) is 0 Å². The summed E-state index contributed by atoms with van der Waals surface area (Å²) >= 11 is 0. The van der Waals surface area contributed by atoms with Crippen molar-refractivity contribution in [2.45, 2.75) is 91.5 Å². The average molecular weight is 421 g/mol. The van der Waals surface area contributed by atoms with Crippen LogP contribution in [0.15, 0.2) is 5.29 Å². The maximum atomic E-state index is 11.1. The van der Waals surface area contributed by atoms with Gasteiger partial charge < -0.3 is 25.7 Å². The minimum Gasteiger partial charge on any atom is -0.377 e. The molecule has 0 aromatic rings. The molecule has 0 rings (SSSR count). The SMILES string of the molecule is CC(N)COCC(C)OCC(C)OCC(C)N.CCCCN(N=O)C(=O)CCC. The molecule has 9 heteroatoms. The van der Waals surface area contributed by atoms with Crippen LogP contribution in [0.4, 0.5) is 0 Å². The number of unbranched alkanes of at least 4 members (excludes halogenated alkanes) is 1. The van der Waals surface area contributed by atoms with Crippen molar-refractivity contribution in [1.82, 2.24) is 5.01 Å². The van der Waals surface area contributed by atoms with E-state index in [1.165, 1.54) is 0 Å². The number of nitroso groups, excluding NO2 is 1. The second-order valence-electron chi connectivity index (χ2n) is 7.48. The first-order chi connectivity index (χ1) is 13.7. The Morgan fingerprint density at radius 2 is 1.45 bits per heavy atom. The number of rotatable bonds is 16. The summed E-state index contributed by atoms with van der Waals surface area (Å²) in [5.41, 5.74) is 11.2. The number of ether oxygens (including phenoxy) is 3. The van der Waals surface area contributed by atoms with E-state index in [0.717, 1.165) is 24.3 Å². The van der Waals surface area contributed by atoms with E-state index in [0.29, 0.717) is 39.4 Å². The molecule has 0 heterocycles. The Balaban J connectivity index is 0. The van der Waals surface area contributed by atoms with Crippen LogP contribution in [0.2, 0.25) is 0 Å². The number of hydrogen-bond donors (Lipinski definition) is 2. The van der Waals surface area contributed by atoms with Gasteiger partial charge in [0.1, 0.15) is 0 Å². The Labute approximate surface area is 176 Å². The molecule has 0 bridgehead atoms. The van der Waals surface area contributed by atoms with Gasteiger partial charge >= 0.3 is 0 Å². The van der Waals surface area contributed by atoms with Crippen LogP contribution in [-0.2, 0) is 19.0 Å². The topological polar surface area (TPSA) is 129 Å². The molecule has 0 spiro atoms. The third-order valence-electron chi connectivity index (χ3n) is 3.57. The summed E-state index contributed by atoms with van der Waals surface area (Å²) in [6.07, 6.45) is 3.07. The molecule has 0 aromatic carbocycles. The normalized spacial score (nSPS) is 14.9. The summed E-state index contributed by atoms with van der Waals surface area (Å²) in [6.45, 7) is 14.4. The fraction of sp³-hybridized carbons (Fsp3) is 0.950. The van der Waals surface area contributed by atoms with Crippen LogP contribution in [0.1, 0.15) is 67.2 Å². The first kappa shape index (κ1) is 30.1. The monoisotopic (exact) mass is 420 g/mol. The van der Waals surface area contributed by atoms with Crippen molar-refractivity contribution in [3.63, 3.8) is 0 Å². The minimum atomic E-state index is -0.166. The van der Waals surface area contributed by atoms with Gasteiger partial charge in [0.05, 0.1) is 43.9 Å². The van der Waals surface area contributed by atoms with E-state index in [-0.39, 0.29) is 30.2 Å². The van der Waals surface area contributed by atoms with Crippen molar-refractivity contribution in [1.29, 1.82) is 0 Å². The van der Waals surface area contributed by atoms with E-state index in [1.54, 1.807) is 0 Å². The molecule has 29 heavy (non-hydrogen) atoms. The summed E-state index contributed by atoms with van der Waals surface area (Å²) in [6, 6.07) is 0.125. The zero-order valence-electron chi connectivity index (χ0n) is 19.3. The molecule has 0 saturated heterocycles. The van der Waals surface area contributed by atoms with Crippen molar-refractivity contribution in [2.75, 3.05) is 33.0 Å². The van der Waals surface area contributed by atoms with Crippen molar-refractivity contribution in [3.8, 4) is 0 Å². The molecule has 174 valence electrons. The predicted octanol–water partition coefficient (Wildman–Crippen LogP) is 2.60. The van der Waals surface area contributed by atoms with Crippen LogP contribution in [-0.4, -0.2) is 68.2 Å². The van der Waals surface area contributed by atoms with Crippen molar-refractivity contribution < 1.29 is 19.0 Å². The Bertz CT molecular complexity index is 397. The van der Waals surface area contributed by atoms with Crippen LogP contribution < -0.4 is 11.5 Å². The van der Waals surface area contributed by atoms with Gasteiger partial charge in [-0.3, -0.25) is 4.79 Å². The van der Waals surface area contributed by atoms with E-state index in [2.05, 4.69) is 5.29 Å². The summed E-state index contributed by atoms with van der Waals surface area (Å²) in [5.74, 6) is -0.166. The highest BCUT2D eigenvalue weighted by molar-refractivity contribution is 5.75. The highest BCUT2D eigenvalue weighted by Gasteiger charge is 2.11. The van der Waals surface area contributed by atoms with Gasteiger partial charge in [0.15, 0.2) is 0 Å². The molecule has 4 N–H and O–H groups in total. The molecule has 9 nitrogen and oxygen atoms in total. The zero-order valence-corrected chi connectivity index (χ0v) is 19.3. The largest absolute Gasteiger partial charge is 0.377 e. The summed E-state index contributed by atoms with van der Waals surface area (Å²) in [5, 5.41) is 3.70. The molecule has 1 amide bonds. The smallest absolute Gasteiger partial charge is 0.245 e. The van der Waals surface area contributed by atoms with Gasteiger partial charge in [-0.05, 0) is 40.5 Å². The molecule has 0 aliphatic rings. The third kappa shape index (κ3) is 21.4. The lowest BCUT2D eigenvalue weighted by Gasteiger charge is -2.19. The standard InChI is InChI=1S/C12H28N2O3.C8H16N2O2/c1-9(13)5-15-7-11(3)17-8-12(4)16-6-10(2)14;1-3-5-7-10(9-12)8(11)6-4-2/h9-12H,5-8,13-14H2,1-4H3;3-7H2,1-2H3. The lowest BCUT2D eigenvalue weighted by Crippen LogP contribution is -2.29. The van der Waals surface area contributed by atoms with Crippen molar-refractivity contribution >= 4 is 5.91 Å². The fourth-order valence-electron chi connectivity index (χ4n) is 1.99. The van der Waals surface area contributed by atoms with Gasteiger partial charge in [0.2, 0.25) is 5.91 Å². The number of hydrogen-bond acceptors (Lipinski definition) is 8. The number of amides is 1. The van der Waals surface area contributed by atoms with Crippen LogP contribution in [0.25, 0.3) is 0 Å². The lowest BCUT2D eigenvalue weighted by atomic mass is 10.3. The minimum absolute atomic E-state index is 0.0510. The Morgan fingerprint density at radius 1 is 0.897 bits per heavy atom. The maximum absolute atomic E-state index is 11.1. The molecule has 0 radical (unpaired) electrons. The second-order valence-corrected chi connectivity index (χ2v) is 7.48. The number of nitrogens with zero attached hydrogens (tertiary/aromatic N) is 2. The van der Waals surface area contributed by atoms with E-state index < -0.39 is 0 Å². The van der Waals surface area contributed by atoms with Gasteiger partial charge in [-0.2, -0.15) is 5.01 Å². The summed E-state index contributed by atoms with van der Waals surface area (Å²) in [4.78, 5) is 21.3. The van der Waals surface area contributed by atoms with Crippen molar-refractivity contribution in [2.24, 2.45) is 16.8 Å². The predicted molar refractivity (Wildman–Crippen MR) is 116 cm³/mol. The Hall–Kier alpha value is -1.13. The third-order valence-corrected chi connectivity index (χ3v) is 3.57. The molecule has 0 aliphatic heterocycles. The molecule has 0 aromatic heterocycles. The number of carbonyl (C=O) groups excluding carboxylic acids is 1. The second kappa shape index (κ2) is 20.2. The molecular formula is C20H44N4O5. The average Bonchev–Trinajstić information content (AvgIpc) is 2.65. The summed E-state index contributed by atoms with van der Waals surface area (Å²) < 4.78 is 16.4. The van der Waals surface area contributed by atoms with Crippen LogP contribution in [0.5, 0.6) is 0 Å². The van der Waals surface area contributed by atoms with Gasteiger partial charge in [-0.25, -0.2) is 0 Å². The summed E-state index contributed by atoms with van der Waals surface area (Å²) in [7, 11) is 0. The van der Waals surface area contributed by atoms with Gasteiger partial charge in [-0.1, -0.05) is 20.3 Å². The molecule has 0 aliphatic carbocycles.